The Morgan fingerprint density at radius 1 is 1.41 bits per heavy atom. The van der Waals surface area contributed by atoms with Gasteiger partial charge in [-0.1, -0.05) is 17.4 Å². The Hall–Kier alpha value is -2.87. The second-order valence-electron chi connectivity index (χ2n) is 6.69. The van der Waals surface area contributed by atoms with E-state index in [1.807, 2.05) is 0 Å². The summed E-state index contributed by atoms with van der Waals surface area (Å²) in [4.78, 5) is 17.7. The van der Waals surface area contributed by atoms with E-state index in [1.165, 1.54) is 49.6 Å². The number of allylic oxidation sites excluding steroid dienone is 1. The zero-order valence-corrected chi connectivity index (χ0v) is 20.0. The molecular weight excluding hydrogens is 472 g/mol. The van der Waals surface area contributed by atoms with Crippen molar-refractivity contribution in [3.8, 4) is 16.5 Å². The van der Waals surface area contributed by atoms with Crippen molar-refractivity contribution in [1.82, 2.24) is 24.5 Å². The fourth-order valence-electron chi connectivity index (χ4n) is 2.77. The molecule has 1 amide bonds. The number of nitrogens with zero attached hydrogens (tertiary/aromatic N) is 3. The minimum absolute atomic E-state index is 0.0235. The third-order valence-electron chi connectivity index (χ3n) is 4.39. The molecule has 0 fully saturated rings. The lowest BCUT2D eigenvalue weighted by Crippen LogP contribution is -2.41. The first kappa shape index (κ1) is 23.8. The molecule has 0 aliphatic carbocycles. The largest absolute Gasteiger partial charge is 0.497 e. The molecule has 32 heavy (non-hydrogen) atoms. The summed E-state index contributed by atoms with van der Waals surface area (Å²) in [5, 5.41) is 9.95. The molecule has 3 N–H and O–H groups in total. The molecule has 0 radical (unpaired) electrons. The van der Waals surface area contributed by atoms with Gasteiger partial charge < -0.3 is 10.1 Å². The molecule has 0 unspecified atom stereocenters. The van der Waals surface area contributed by atoms with E-state index in [0.29, 0.717) is 33.7 Å². The van der Waals surface area contributed by atoms with Crippen LogP contribution in [0.15, 0.2) is 41.8 Å². The molecule has 0 saturated heterocycles. The number of carbonyl (C=O) groups excluding carboxylic acids is 1. The van der Waals surface area contributed by atoms with Gasteiger partial charge in [0.25, 0.3) is 0 Å². The number of aryl methyl sites for hydroxylation is 1. The number of hydrogen-bond donors (Lipinski definition) is 3. The molecule has 13 heteroatoms. The highest BCUT2D eigenvalue weighted by Gasteiger charge is 2.24. The Morgan fingerprint density at radius 3 is 2.72 bits per heavy atom. The standard InChI is InChI=1S/C19H22N6O4S3/c1-5-10-25-16(22-23-19(25)30)15-11(2)20-18(31-15)21-17(26)12(3)24-32(27,28)14-8-6-13(29-4)7-9-14/h5-9,12,24H,1,10H2,2-4H3,(H,23,30)(H,20,21,26)/t12-/m0/s1. The molecule has 170 valence electrons. The van der Waals surface area contributed by atoms with Crippen molar-refractivity contribution in [1.29, 1.82) is 0 Å². The molecule has 10 nitrogen and oxygen atoms in total. The lowest BCUT2D eigenvalue weighted by molar-refractivity contribution is -0.117. The smallest absolute Gasteiger partial charge is 0.244 e. The summed E-state index contributed by atoms with van der Waals surface area (Å²) in [6, 6.07) is 4.82. The summed E-state index contributed by atoms with van der Waals surface area (Å²) in [5.41, 5.74) is 0.649. The first-order valence-electron chi connectivity index (χ1n) is 9.37. The van der Waals surface area contributed by atoms with Gasteiger partial charge in [-0.2, -0.15) is 9.82 Å². The number of amides is 1. The van der Waals surface area contributed by atoms with Crippen LogP contribution in [-0.2, 0) is 21.4 Å². The maximum absolute atomic E-state index is 12.6. The summed E-state index contributed by atoms with van der Waals surface area (Å²) >= 11 is 6.45. The summed E-state index contributed by atoms with van der Waals surface area (Å²) in [5.74, 6) is 0.560. The van der Waals surface area contributed by atoms with Gasteiger partial charge in [0.2, 0.25) is 15.9 Å². The topological polar surface area (TPSA) is 131 Å². The van der Waals surface area contributed by atoms with E-state index < -0.39 is 22.0 Å². The normalized spacial score (nSPS) is 12.3. The number of methoxy groups -OCH3 is 1. The zero-order chi connectivity index (χ0) is 23.5. The van der Waals surface area contributed by atoms with Gasteiger partial charge in [-0.3, -0.25) is 14.5 Å². The number of rotatable bonds is 9. The zero-order valence-electron chi connectivity index (χ0n) is 17.6. The number of sulfonamides is 1. The highest BCUT2D eigenvalue weighted by molar-refractivity contribution is 7.89. The minimum atomic E-state index is -3.90. The average Bonchev–Trinajstić information content (AvgIpc) is 3.29. The first-order chi connectivity index (χ1) is 15.2. The predicted molar refractivity (Wildman–Crippen MR) is 125 cm³/mol. The molecular formula is C19H22N6O4S3. The Balaban J connectivity index is 1.74. The SMILES string of the molecule is C=CCn1c(-c2sc(NC(=O)[C@H](C)NS(=O)(=O)c3ccc(OC)cc3)nc2C)n[nH]c1=S. The van der Waals surface area contributed by atoms with E-state index in [0.717, 1.165) is 4.88 Å². The van der Waals surface area contributed by atoms with Crippen LogP contribution in [0.4, 0.5) is 5.13 Å². The van der Waals surface area contributed by atoms with Crippen molar-refractivity contribution in [3.05, 3.63) is 47.4 Å². The monoisotopic (exact) mass is 494 g/mol. The Bertz CT molecular complexity index is 1290. The van der Waals surface area contributed by atoms with Crippen molar-refractivity contribution >= 4 is 44.6 Å². The van der Waals surface area contributed by atoms with Crippen molar-refractivity contribution in [2.75, 3.05) is 12.4 Å². The van der Waals surface area contributed by atoms with Crippen LogP contribution < -0.4 is 14.8 Å². The molecule has 0 spiro atoms. The number of benzene rings is 1. The van der Waals surface area contributed by atoms with E-state index in [4.69, 9.17) is 17.0 Å². The highest BCUT2D eigenvalue weighted by Crippen LogP contribution is 2.31. The summed E-state index contributed by atoms with van der Waals surface area (Å²) in [7, 11) is -2.41. The van der Waals surface area contributed by atoms with Crippen molar-refractivity contribution in [2.45, 2.75) is 31.3 Å². The Morgan fingerprint density at radius 2 is 2.09 bits per heavy atom. The number of H-pyrrole nitrogens is 1. The van der Waals surface area contributed by atoms with Gasteiger partial charge in [-0.25, -0.2) is 13.4 Å². The number of carbonyl (C=O) groups is 1. The van der Waals surface area contributed by atoms with Gasteiger partial charge in [0, 0.05) is 6.54 Å². The van der Waals surface area contributed by atoms with E-state index in [-0.39, 0.29) is 4.90 Å². The maximum atomic E-state index is 12.6. The molecule has 0 bridgehead atoms. The maximum Gasteiger partial charge on any atom is 0.244 e. The predicted octanol–water partition coefficient (Wildman–Crippen LogP) is 2.87. The Labute approximate surface area is 194 Å². The molecule has 0 saturated carbocycles. The van der Waals surface area contributed by atoms with Crippen molar-refractivity contribution in [2.24, 2.45) is 0 Å². The molecule has 0 aliphatic rings. The molecule has 3 aromatic rings. The molecule has 1 aromatic carbocycles. The van der Waals surface area contributed by atoms with E-state index in [2.05, 4.69) is 31.8 Å². The van der Waals surface area contributed by atoms with Gasteiger partial charge in [0.1, 0.15) is 5.75 Å². The van der Waals surface area contributed by atoms with Crippen LogP contribution in [0.3, 0.4) is 0 Å². The second kappa shape index (κ2) is 9.73. The second-order valence-corrected chi connectivity index (χ2v) is 9.79. The quantitative estimate of drug-likeness (QED) is 0.308. The van der Waals surface area contributed by atoms with E-state index >= 15 is 0 Å². The fourth-order valence-corrected chi connectivity index (χ4v) is 5.15. The van der Waals surface area contributed by atoms with Crippen LogP contribution >= 0.6 is 23.6 Å². The number of anilines is 1. The lowest BCUT2D eigenvalue weighted by Gasteiger charge is -2.13. The summed E-state index contributed by atoms with van der Waals surface area (Å²) in [6.07, 6.45) is 1.70. The van der Waals surface area contributed by atoms with Gasteiger partial charge in [0.15, 0.2) is 15.7 Å². The van der Waals surface area contributed by atoms with Crippen LogP contribution in [-0.4, -0.2) is 47.2 Å². The Kier molecular flexibility index (Phi) is 7.23. The molecule has 3 rings (SSSR count). The number of aromatic amines is 1. The number of hydrogen-bond acceptors (Lipinski definition) is 8. The number of thiazole rings is 1. The number of ether oxygens (including phenoxy) is 1. The lowest BCUT2D eigenvalue weighted by atomic mass is 10.3. The number of aromatic nitrogens is 4. The third-order valence-corrected chi connectivity index (χ3v) is 7.33. The van der Waals surface area contributed by atoms with Crippen LogP contribution in [0, 0.1) is 11.7 Å². The van der Waals surface area contributed by atoms with Gasteiger partial charge in [0.05, 0.1) is 28.6 Å². The van der Waals surface area contributed by atoms with E-state index in [1.54, 1.807) is 17.6 Å². The molecule has 2 heterocycles. The van der Waals surface area contributed by atoms with Crippen LogP contribution in [0.1, 0.15) is 12.6 Å². The van der Waals surface area contributed by atoms with Gasteiger partial charge in [-0.05, 0) is 50.3 Å². The molecule has 2 aromatic heterocycles. The summed E-state index contributed by atoms with van der Waals surface area (Å²) in [6.45, 7) is 7.42. The highest BCUT2D eigenvalue weighted by atomic mass is 32.2. The van der Waals surface area contributed by atoms with Crippen LogP contribution in [0.5, 0.6) is 5.75 Å². The average molecular weight is 495 g/mol. The van der Waals surface area contributed by atoms with Crippen LogP contribution in [0.25, 0.3) is 10.7 Å². The summed E-state index contributed by atoms with van der Waals surface area (Å²) < 4.78 is 34.7. The van der Waals surface area contributed by atoms with Crippen molar-refractivity contribution in [3.63, 3.8) is 0 Å². The fraction of sp³-hybridized carbons (Fsp3) is 0.263. The molecule has 0 aliphatic heterocycles. The minimum Gasteiger partial charge on any atom is -0.497 e. The third kappa shape index (κ3) is 5.12. The van der Waals surface area contributed by atoms with Gasteiger partial charge >= 0.3 is 0 Å². The van der Waals surface area contributed by atoms with Crippen LogP contribution in [0.2, 0.25) is 0 Å². The van der Waals surface area contributed by atoms with Crippen molar-refractivity contribution < 1.29 is 17.9 Å². The van der Waals surface area contributed by atoms with Gasteiger partial charge in [-0.15, -0.1) is 6.58 Å². The van der Waals surface area contributed by atoms with E-state index in [9.17, 15) is 13.2 Å². The molecule has 1 atom stereocenters. The first-order valence-corrected chi connectivity index (χ1v) is 12.1. The number of nitrogens with one attached hydrogen (secondary N) is 3.